The number of aliphatic hydroxyl groups is 1. The zero-order valence-electron chi connectivity index (χ0n) is 12.9. The number of halogens is 1. The molecule has 1 aromatic carbocycles. The summed E-state index contributed by atoms with van der Waals surface area (Å²) in [6.45, 7) is 2.50. The molecule has 0 aliphatic carbocycles. The highest BCUT2D eigenvalue weighted by atomic mass is 79.9. The van der Waals surface area contributed by atoms with Gasteiger partial charge < -0.3 is 10.4 Å². The van der Waals surface area contributed by atoms with E-state index in [1.807, 2.05) is 30.3 Å². The Morgan fingerprint density at radius 3 is 2.65 bits per heavy atom. The second-order valence-electron chi connectivity index (χ2n) is 5.23. The normalized spacial score (nSPS) is 10.6. The molecule has 2 N–H and O–H groups in total. The van der Waals surface area contributed by atoms with Crippen molar-refractivity contribution in [2.45, 2.75) is 19.9 Å². The summed E-state index contributed by atoms with van der Waals surface area (Å²) in [5.41, 5.74) is 1.76. The Balaban J connectivity index is 2.42. The Labute approximate surface area is 143 Å². The molecule has 1 heterocycles. The number of carbonyl (C=O) groups is 1. The summed E-state index contributed by atoms with van der Waals surface area (Å²) in [6.07, 6.45) is 0.476. The molecule has 0 aliphatic rings. The first-order valence-electron chi connectivity index (χ1n) is 7.37. The number of aromatic nitrogens is 1. The number of amides is 1. The average Bonchev–Trinajstić information content (AvgIpc) is 2.53. The highest BCUT2D eigenvalue weighted by molar-refractivity contribution is 9.10. The van der Waals surface area contributed by atoms with Crippen LogP contribution in [0.1, 0.15) is 28.0 Å². The van der Waals surface area contributed by atoms with Gasteiger partial charge >= 0.3 is 0 Å². The molecule has 23 heavy (non-hydrogen) atoms. The number of nitrogens with zero attached hydrogens (tertiary/aromatic N) is 1. The molecule has 0 saturated heterocycles. The maximum atomic E-state index is 12.5. The van der Waals surface area contributed by atoms with Crippen LogP contribution < -0.4 is 10.9 Å². The van der Waals surface area contributed by atoms with Gasteiger partial charge in [-0.25, -0.2) is 0 Å². The van der Waals surface area contributed by atoms with Crippen molar-refractivity contribution in [1.29, 1.82) is 0 Å². The van der Waals surface area contributed by atoms with Crippen molar-refractivity contribution in [1.82, 2.24) is 9.88 Å². The Morgan fingerprint density at radius 1 is 1.30 bits per heavy atom. The molecule has 0 unspecified atom stereocenters. The van der Waals surface area contributed by atoms with Gasteiger partial charge in [0.05, 0.1) is 11.0 Å². The summed E-state index contributed by atoms with van der Waals surface area (Å²) in [4.78, 5) is 24.9. The van der Waals surface area contributed by atoms with Gasteiger partial charge in [-0.1, -0.05) is 30.3 Å². The molecule has 0 fully saturated rings. The van der Waals surface area contributed by atoms with Crippen LogP contribution in [0.5, 0.6) is 0 Å². The second-order valence-corrected chi connectivity index (χ2v) is 6.09. The van der Waals surface area contributed by atoms with E-state index >= 15 is 0 Å². The fraction of sp³-hybridized carbons (Fsp3) is 0.294. The van der Waals surface area contributed by atoms with Crippen LogP contribution in [0.3, 0.4) is 0 Å². The Morgan fingerprint density at radius 2 is 2.00 bits per heavy atom. The van der Waals surface area contributed by atoms with Crippen LogP contribution in [-0.2, 0) is 6.54 Å². The molecule has 0 bridgehead atoms. The van der Waals surface area contributed by atoms with Gasteiger partial charge in [-0.3, -0.25) is 14.2 Å². The Bertz CT molecular complexity index is 741. The Hall–Kier alpha value is -1.92. The standard InChI is InChI=1S/C17H19BrN2O3/c1-12-10-14(18)17(23)20(11-13-6-3-2-4-7-13)15(12)16(22)19-8-5-9-21/h2-4,6-7,10,21H,5,8-9,11H2,1H3,(H,19,22). The van der Waals surface area contributed by atoms with E-state index in [1.54, 1.807) is 13.0 Å². The lowest BCUT2D eigenvalue weighted by Gasteiger charge is -2.16. The summed E-state index contributed by atoms with van der Waals surface area (Å²) in [7, 11) is 0. The zero-order chi connectivity index (χ0) is 16.8. The first-order valence-corrected chi connectivity index (χ1v) is 8.17. The van der Waals surface area contributed by atoms with E-state index in [2.05, 4.69) is 21.2 Å². The molecule has 2 rings (SSSR count). The fourth-order valence-corrected chi connectivity index (χ4v) is 2.90. The quantitative estimate of drug-likeness (QED) is 0.755. The van der Waals surface area contributed by atoms with Gasteiger partial charge in [0.1, 0.15) is 5.69 Å². The number of hydrogen-bond donors (Lipinski definition) is 2. The molecule has 0 aliphatic heterocycles. The number of pyridine rings is 1. The van der Waals surface area contributed by atoms with Crippen LogP contribution in [0.15, 0.2) is 45.7 Å². The number of aliphatic hydroxyl groups excluding tert-OH is 1. The minimum atomic E-state index is -0.309. The van der Waals surface area contributed by atoms with Gasteiger partial charge in [0.25, 0.3) is 11.5 Å². The molecule has 0 atom stereocenters. The Kier molecular flexibility index (Phi) is 6.12. The summed E-state index contributed by atoms with van der Waals surface area (Å²) in [6, 6.07) is 11.2. The maximum Gasteiger partial charge on any atom is 0.268 e. The van der Waals surface area contributed by atoms with E-state index in [4.69, 9.17) is 5.11 Å². The van der Waals surface area contributed by atoms with Crippen molar-refractivity contribution in [3.8, 4) is 0 Å². The summed E-state index contributed by atoms with van der Waals surface area (Å²) in [5, 5.41) is 11.6. The number of aryl methyl sites for hydroxylation is 1. The number of benzene rings is 1. The van der Waals surface area contributed by atoms with Crippen LogP contribution in [0.4, 0.5) is 0 Å². The van der Waals surface area contributed by atoms with E-state index in [-0.39, 0.29) is 18.1 Å². The van der Waals surface area contributed by atoms with E-state index in [0.29, 0.717) is 35.2 Å². The van der Waals surface area contributed by atoms with Gasteiger partial charge in [0.2, 0.25) is 0 Å². The lowest BCUT2D eigenvalue weighted by atomic mass is 10.1. The molecule has 1 aromatic heterocycles. The molecular weight excluding hydrogens is 360 g/mol. The molecule has 0 saturated carbocycles. The van der Waals surface area contributed by atoms with Crippen molar-refractivity contribution in [3.05, 3.63) is 68.0 Å². The zero-order valence-corrected chi connectivity index (χ0v) is 14.5. The molecule has 1 amide bonds. The predicted octanol–water partition coefficient (Wildman–Crippen LogP) is 2.08. The second kappa shape index (κ2) is 8.08. The van der Waals surface area contributed by atoms with Crippen molar-refractivity contribution in [3.63, 3.8) is 0 Å². The van der Waals surface area contributed by atoms with Gasteiger partial charge in [-0.2, -0.15) is 0 Å². The first kappa shape index (κ1) is 17.4. The minimum absolute atomic E-state index is 0.0103. The average molecular weight is 379 g/mol. The number of rotatable bonds is 6. The first-order chi connectivity index (χ1) is 11.0. The lowest BCUT2D eigenvalue weighted by Crippen LogP contribution is -2.34. The topological polar surface area (TPSA) is 71.3 Å². The van der Waals surface area contributed by atoms with E-state index < -0.39 is 0 Å². The number of nitrogens with one attached hydrogen (secondary N) is 1. The third kappa shape index (κ3) is 4.30. The molecule has 5 nitrogen and oxygen atoms in total. The van der Waals surface area contributed by atoms with Crippen molar-refractivity contribution in [2.75, 3.05) is 13.2 Å². The number of hydrogen-bond acceptors (Lipinski definition) is 3. The summed E-state index contributed by atoms with van der Waals surface area (Å²) >= 11 is 3.26. The van der Waals surface area contributed by atoms with Gasteiger partial charge in [0, 0.05) is 13.2 Å². The highest BCUT2D eigenvalue weighted by Crippen LogP contribution is 2.14. The van der Waals surface area contributed by atoms with E-state index in [1.165, 1.54) is 4.57 Å². The van der Waals surface area contributed by atoms with E-state index in [9.17, 15) is 9.59 Å². The molecule has 122 valence electrons. The third-order valence-corrected chi connectivity index (χ3v) is 4.02. The smallest absolute Gasteiger partial charge is 0.268 e. The van der Waals surface area contributed by atoms with Crippen molar-refractivity contribution >= 4 is 21.8 Å². The predicted molar refractivity (Wildman–Crippen MR) is 92.7 cm³/mol. The third-order valence-electron chi connectivity index (χ3n) is 3.46. The number of carbonyl (C=O) groups excluding carboxylic acids is 1. The minimum Gasteiger partial charge on any atom is -0.396 e. The summed E-state index contributed by atoms with van der Waals surface area (Å²) < 4.78 is 1.90. The lowest BCUT2D eigenvalue weighted by molar-refractivity contribution is 0.0940. The molecule has 0 spiro atoms. The van der Waals surface area contributed by atoms with Crippen LogP contribution in [-0.4, -0.2) is 28.7 Å². The van der Waals surface area contributed by atoms with Crippen LogP contribution >= 0.6 is 15.9 Å². The van der Waals surface area contributed by atoms with Gasteiger partial charge in [-0.05, 0) is 46.5 Å². The van der Waals surface area contributed by atoms with Crippen LogP contribution in [0.2, 0.25) is 0 Å². The summed E-state index contributed by atoms with van der Waals surface area (Å²) in [5.74, 6) is -0.309. The van der Waals surface area contributed by atoms with E-state index in [0.717, 1.165) is 5.56 Å². The SMILES string of the molecule is Cc1cc(Br)c(=O)n(Cc2ccccc2)c1C(=O)NCCCO. The fourth-order valence-electron chi connectivity index (χ4n) is 2.35. The highest BCUT2D eigenvalue weighted by Gasteiger charge is 2.17. The van der Waals surface area contributed by atoms with Crippen molar-refractivity contribution < 1.29 is 9.90 Å². The molecular formula is C17H19BrN2O3. The maximum absolute atomic E-state index is 12.5. The molecule has 0 radical (unpaired) electrons. The largest absolute Gasteiger partial charge is 0.396 e. The van der Waals surface area contributed by atoms with Crippen LogP contribution in [0, 0.1) is 6.92 Å². The monoisotopic (exact) mass is 378 g/mol. The van der Waals surface area contributed by atoms with Gasteiger partial charge in [0.15, 0.2) is 0 Å². The van der Waals surface area contributed by atoms with Crippen LogP contribution in [0.25, 0.3) is 0 Å². The van der Waals surface area contributed by atoms with Gasteiger partial charge in [-0.15, -0.1) is 0 Å². The molecule has 2 aromatic rings. The van der Waals surface area contributed by atoms with Crippen molar-refractivity contribution in [2.24, 2.45) is 0 Å². The molecule has 6 heteroatoms.